The molecule has 7 nitrogen and oxygen atoms in total. The molecule has 0 aliphatic carbocycles. The molecule has 0 spiro atoms. The quantitative estimate of drug-likeness (QED) is 0.301. The first kappa shape index (κ1) is 21.9. The van der Waals surface area contributed by atoms with E-state index >= 15 is 0 Å². The Morgan fingerprint density at radius 1 is 0.958 bits per heavy atom. The van der Waals surface area contributed by atoms with Crippen molar-refractivity contribution in [3.8, 4) is 0 Å². The second-order valence-electron chi connectivity index (χ2n) is 5.69. The fourth-order valence-corrected chi connectivity index (χ4v) is 1.62. The van der Waals surface area contributed by atoms with Crippen molar-refractivity contribution in [1.82, 2.24) is 4.90 Å². The van der Waals surface area contributed by atoms with Crippen LogP contribution in [0.25, 0.3) is 0 Å². The zero-order chi connectivity index (χ0) is 18.6. The van der Waals surface area contributed by atoms with Crippen molar-refractivity contribution in [3.63, 3.8) is 0 Å². The lowest BCUT2D eigenvalue weighted by atomic mass is 9.88. The first-order valence-corrected chi connectivity index (χ1v) is 7.67. The monoisotopic (exact) mass is 341 g/mol. The second kappa shape index (κ2) is 11.4. The number of esters is 3. The number of carbonyl (C=O) groups is 3. The standard InChI is InChI=1S/C17H27NO6/c1-6-14(19)22-11-17(8-3,12-23-15(20)7-2)13-24-16(21)9-10-18(4)5/h6-7H,1-2,8-13H2,3-5H3. The second-order valence-corrected chi connectivity index (χ2v) is 5.69. The SMILES string of the molecule is C=CC(=O)OCC(CC)(COC(=O)C=C)COC(=O)CCN(C)C. The van der Waals surface area contributed by atoms with Gasteiger partial charge in [-0.15, -0.1) is 0 Å². The van der Waals surface area contributed by atoms with Crippen molar-refractivity contribution < 1.29 is 28.6 Å². The summed E-state index contributed by atoms with van der Waals surface area (Å²) in [4.78, 5) is 36.3. The van der Waals surface area contributed by atoms with Crippen molar-refractivity contribution >= 4 is 17.9 Å². The molecule has 0 aliphatic rings. The molecule has 0 aromatic rings. The lowest BCUT2D eigenvalue weighted by Crippen LogP contribution is -2.39. The van der Waals surface area contributed by atoms with Crippen LogP contribution in [0.1, 0.15) is 19.8 Å². The van der Waals surface area contributed by atoms with Gasteiger partial charge in [0, 0.05) is 18.7 Å². The van der Waals surface area contributed by atoms with Crippen LogP contribution >= 0.6 is 0 Å². The molecule has 0 saturated heterocycles. The predicted molar refractivity (Wildman–Crippen MR) is 89.2 cm³/mol. The molecule has 0 aliphatic heterocycles. The zero-order valence-corrected chi connectivity index (χ0v) is 14.7. The van der Waals surface area contributed by atoms with E-state index in [9.17, 15) is 14.4 Å². The highest BCUT2D eigenvalue weighted by Crippen LogP contribution is 2.24. The van der Waals surface area contributed by atoms with Gasteiger partial charge in [-0.25, -0.2) is 9.59 Å². The maximum absolute atomic E-state index is 11.8. The Bertz CT molecular complexity index is 434. The lowest BCUT2D eigenvalue weighted by Gasteiger charge is -2.30. The molecule has 0 fully saturated rings. The third kappa shape index (κ3) is 9.09. The Labute approximate surface area is 143 Å². The Kier molecular flexibility index (Phi) is 10.4. The molecule has 0 aromatic heterocycles. The molecule has 0 aromatic carbocycles. The maximum atomic E-state index is 11.8. The van der Waals surface area contributed by atoms with Gasteiger partial charge in [0.25, 0.3) is 0 Å². The van der Waals surface area contributed by atoms with Crippen LogP contribution in [-0.2, 0) is 28.6 Å². The van der Waals surface area contributed by atoms with Gasteiger partial charge in [-0.3, -0.25) is 4.79 Å². The molecule has 0 atom stereocenters. The van der Waals surface area contributed by atoms with Crippen molar-refractivity contribution in [2.75, 3.05) is 40.5 Å². The smallest absolute Gasteiger partial charge is 0.330 e. The average molecular weight is 341 g/mol. The van der Waals surface area contributed by atoms with E-state index in [4.69, 9.17) is 14.2 Å². The molecule has 0 heterocycles. The Morgan fingerprint density at radius 3 is 1.79 bits per heavy atom. The zero-order valence-electron chi connectivity index (χ0n) is 14.7. The minimum absolute atomic E-state index is 0.0232. The predicted octanol–water partition coefficient (Wildman–Crippen LogP) is 1.34. The highest BCUT2D eigenvalue weighted by molar-refractivity contribution is 5.81. The molecule has 0 rings (SSSR count). The summed E-state index contributed by atoms with van der Waals surface area (Å²) in [5.41, 5.74) is -0.814. The largest absolute Gasteiger partial charge is 0.465 e. The van der Waals surface area contributed by atoms with Crippen LogP contribution in [0.5, 0.6) is 0 Å². The van der Waals surface area contributed by atoms with E-state index < -0.39 is 17.4 Å². The summed E-state index contributed by atoms with van der Waals surface area (Å²) in [7, 11) is 3.71. The van der Waals surface area contributed by atoms with Crippen LogP contribution in [0.3, 0.4) is 0 Å². The summed E-state index contributed by atoms with van der Waals surface area (Å²) >= 11 is 0. The van der Waals surface area contributed by atoms with E-state index in [0.29, 0.717) is 13.0 Å². The van der Waals surface area contributed by atoms with Gasteiger partial charge in [0.2, 0.25) is 0 Å². The molecule has 7 heteroatoms. The minimum atomic E-state index is -0.814. The van der Waals surface area contributed by atoms with Gasteiger partial charge < -0.3 is 19.1 Å². The molecule has 0 amide bonds. The van der Waals surface area contributed by atoms with Crippen LogP contribution in [0.15, 0.2) is 25.3 Å². The third-order valence-corrected chi connectivity index (χ3v) is 3.43. The fourth-order valence-electron chi connectivity index (χ4n) is 1.62. The molecule has 0 N–H and O–H groups in total. The summed E-state index contributed by atoms with van der Waals surface area (Å²) in [6.45, 7) is 8.91. The van der Waals surface area contributed by atoms with E-state index in [2.05, 4.69) is 13.2 Å². The molecule has 0 saturated carbocycles. The summed E-state index contributed by atoms with van der Waals surface area (Å²) < 4.78 is 15.4. The van der Waals surface area contributed by atoms with Gasteiger partial charge in [0.05, 0.1) is 11.8 Å². The van der Waals surface area contributed by atoms with Gasteiger partial charge >= 0.3 is 17.9 Å². The molecule has 0 bridgehead atoms. The van der Waals surface area contributed by atoms with Gasteiger partial charge in [0.15, 0.2) is 0 Å². The number of hydrogen-bond donors (Lipinski definition) is 0. The fraction of sp³-hybridized carbons (Fsp3) is 0.588. The van der Waals surface area contributed by atoms with Crippen LogP contribution in [0.2, 0.25) is 0 Å². The molecule has 0 unspecified atom stereocenters. The van der Waals surface area contributed by atoms with E-state index in [1.807, 2.05) is 25.9 Å². The summed E-state index contributed by atoms with van der Waals surface area (Å²) in [5, 5.41) is 0. The van der Waals surface area contributed by atoms with Crippen LogP contribution in [0.4, 0.5) is 0 Å². The first-order valence-electron chi connectivity index (χ1n) is 7.67. The third-order valence-electron chi connectivity index (χ3n) is 3.43. The normalized spacial score (nSPS) is 10.8. The van der Waals surface area contributed by atoms with Gasteiger partial charge in [-0.1, -0.05) is 20.1 Å². The van der Waals surface area contributed by atoms with Gasteiger partial charge in [0.1, 0.15) is 19.8 Å². The number of hydrogen-bond acceptors (Lipinski definition) is 7. The topological polar surface area (TPSA) is 82.1 Å². The van der Waals surface area contributed by atoms with E-state index in [-0.39, 0.29) is 32.2 Å². The van der Waals surface area contributed by atoms with E-state index in [1.165, 1.54) is 0 Å². The summed E-state index contributed by atoms with van der Waals surface area (Å²) in [5.74, 6) is -1.56. The molecular weight excluding hydrogens is 314 g/mol. The number of nitrogens with zero attached hydrogens (tertiary/aromatic N) is 1. The molecular formula is C17H27NO6. The number of ether oxygens (including phenoxy) is 3. The Morgan fingerprint density at radius 2 is 1.42 bits per heavy atom. The van der Waals surface area contributed by atoms with Crippen molar-refractivity contribution in [2.24, 2.45) is 5.41 Å². The Balaban J connectivity index is 4.82. The van der Waals surface area contributed by atoms with Crippen LogP contribution < -0.4 is 0 Å². The highest BCUT2D eigenvalue weighted by atomic mass is 16.6. The Hall–Kier alpha value is -2.15. The van der Waals surface area contributed by atoms with Crippen molar-refractivity contribution in [1.29, 1.82) is 0 Å². The average Bonchev–Trinajstić information content (AvgIpc) is 2.58. The maximum Gasteiger partial charge on any atom is 0.330 e. The first-order chi connectivity index (χ1) is 11.3. The highest BCUT2D eigenvalue weighted by Gasteiger charge is 2.33. The summed E-state index contributed by atoms with van der Waals surface area (Å²) in [6.07, 6.45) is 2.80. The van der Waals surface area contributed by atoms with E-state index in [0.717, 1.165) is 12.2 Å². The van der Waals surface area contributed by atoms with Gasteiger partial charge in [-0.05, 0) is 20.5 Å². The number of carbonyl (C=O) groups excluding carboxylic acids is 3. The lowest BCUT2D eigenvalue weighted by molar-refractivity contribution is -0.158. The van der Waals surface area contributed by atoms with Gasteiger partial charge in [-0.2, -0.15) is 0 Å². The van der Waals surface area contributed by atoms with Crippen molar-refractivity contribution in [2.45, 2.75) is 19.8 Å². The van der Waals surface area contributed by atoms with E-state index in [1.54, 1.807) is 0 Å². The molecule has 136 valence electrons. The van der Waals surface area contributed by atoms with Crippen LogP contribution in [0, 0.1) is 5.41 Å². The molecule has 24 heavy (non-hydrogen) atoms. The van der Waals surface area contributed by atoms with Crippen molar-refractivity contribution in [3.05, 3.63) is 25.3 Å². The molecule has 0 radical (unpaired) electrons. The number of rotatable bonds is 12. The minimum Gasteiger partial charge on any atom is -0.465 e. The van der Waals surface area contributed by atoms with Crippen LogP contribution in [-0.4, -0.2) is 63.3 Å². The summed E-state index contributed by atoms with van der Waals surface area (Å²) in [6, 6.07) is 0.